The molecule has 0 spiro atoms. The molecule has 0 bridgehead atoms. The molecule has 2 aliphatic rings. The number of benzene rings is 1. The first kappa shape index (κ1) is 12.4. The molecule has 0 saturated carbocycles. The van der Waals surface area contributed by atoms with Crippen LogP contribution >= 0.6 is 11.8 Å². The van der Waals surface area contributed by atoms with Crippen molar-refractivity contribution in [2.24, 2.45) is 0 Å². The van der Waals surface area contributed by atoms with E-state index in [1.165, 1.54) is 37.1 Å². The summed E-state index contributed by atoms with van der Waals surface area (Å²) in [5, 5.41) is 3.48. The number of hydrogen-bond acceptors (Lipinski definition) is 3. The molecule has 3 rings (SSSR count). The zero-order valence-corrected chi connectivity index (χ0v) is 11.5. The van der Waals surface area contributed by atoms with Crippen molar-refractivity contribution < 1.29 is 4.74 Å². The van der Waals surface area contributed by atoms with Gasteiger partial charge in [-0.15, -0.1) is 0 Å². The lowest BCUT2D eigenvalue weighted by Gasteiger charge is -2.23. The van der Waals surface area contributed by atoms with Gasteiger partial charge in [-0.2, -0.15) is 11.8 Å². The predicted molar refractivity (Wildman–Crippen MR) is 77.6 cm³/mol. The zero-order valence-electron chi connectivity index (χ0n) is 10.7. The highest BCUT2D eigenvalue weighted by Crippen LogP contribution is 2.28. The van der Waals surface area contributed by atoms with Crippen molar-refractivity contribution in [3.05, 3.63) is 29.8 Å². The van der Waals surface area contributed by atoms with E-state index in [0.29, 0.717) is 12.0 Å². The van der Waals surface area contributed by atoms with E-state index < -0.39 is 0 Å². The zero-order chi connectivity index (χ0) is 12.2. The van der Waals surface area contributed by atoms with E-state index in [4.69, 9.17) is 4.74 Å². The van der Waals surface area contributed by atoms with E-state index >= 15 is 0 Å². The monoisotopic (exact) mass is 263 g/mol. The van der Waals surface area contributed by atoms with Crippen molar-refractivity contribution in [3.63, 3.8) is 0 Å². The van der Waals surface area contributed by atoms with Gasteiger partial charge in [-0.3, -0.25) is 0 Å². The smallest absolute Gasteiger partial charge is 0.120 e. The van der Waals surface area contributed by atoms with Gasteiger partial charge in [0.15, 0.2) is 0 Å². The average molecular weight is 263 g/mol. The lowest BCUT2D eigenvalue weighted by molar-refractivity contribution is 0.229. The summed E-state index contributed by atoms with van der Waals surface area (Å²) in [5.74, 6) is 4.12. The molecule has 2 aliphatic heterocycles. The van der Waals surface area contributed by atoms with Crippen molar-refractivity contribution in [1.82, 2.24) is 5.32 Å². The minimum Gasteiger partial charge on any atom is -0.490 e. The summed E-state index contributed by atoms with van der Waals surface area (Å²) in [5.41, 5.74) is 1.44. The van der Waals surface area contributed by atoms with E-state index in [9.17, 15) is 0 Å². The number of ether oxygens (including phenoxy) is 1. The third kappa shape index (κ3) is 3.01. The molecular formula is C15H21NOS. The minimum atomic E-state index is 0.426. The molecule has 1 N–H and O–H groups in total. The first-order valence-electron chi connectivity index (χ1n) is 6.97. The Morgan fingerprint density at radius 1 is 1.28 bits per heavy atom. The summed E-state index contributed by atoms with van der Waals surface area (Å²) in [6, 6.07) is 8.73. The molecule has 1 aromatic carbocycles. The number of piperidine rings is 1. The molecule has 98 valence electrons. The molecule has 3 heteroatoms. The molecule has 2 unspecified atom stereocenters. The van der Waals surface area contributed by atoms with Crippen LogP contribution in [-0.4, -0.2) is 30.7 Å². The molecule has 0 aromatic heterocycles. The standard InChI is InChI=1S/C15H21NOS/c1-3-12(13-4-2-7-16-10-13)9-14(5-1)17-15-6-8-18-11-15/h1,3,5,9,13,15-16H,2,4,6-8,10-11H2. The second kappa shape index (κ2) is 5.98. The van der Waals surface area contributed by atoms with Gasteiger partial charge in [0.2, 0.25) is 0 Å². The summed E-state index contributed by atoms with van der Waals surface area (Å²) in [7, 11) is 0. The summed E-state index contributed by atoms with van der Waals surface area (Å²) >= 11 is 2.00. The maximum atomic E-state index is 6.07. The van der Waals surface area contributed by atoms with Gasteiger partial charge >= 0.3 is 0 Å². The van der Waals surface area contributed by atoms with E-state index in [-0.39, 0.29) is 0 Å². The van der Waals surface area contributed by atoms with Crippen LogP contribution in [0.2, 0.25) is 0 Å². The van der Waals surface area contributed by atoms with Crippen molar-refractivity contribution >= 4 is 11.8 Å². The van der Waals surface area contributed by atoms with Crippen LogP contribution < -0.4 is 10.1 Å². The summed E-state index contributed by atoms with van der Waals surface area (Å²) in [6.07, 6.45) is 4.21. The van der Waals surface area contributed by atoms with Gasteiger partial charge in [-0.1, -0.05) is 12.1 Å². The quantitative estimate of drug-likeness (QED) is 0.905. The molecule has 1 aromatic rings. The maximum Gasteiger partial charge on any atom is 0.120 e. The lowest BCUT2D eigenvalue weighted by Crippen LogP contribution is -2.28. The highest BCUT2D eigenvalue weighted by molar-refractivity contribution is 7.99. The molecule has 18 heavy (non-hydrogen) atoms. The second-order valence-electron chi connectivity index (χ2n) is 5.22. The van der Waals surface area contributed by atoms with Gasteiger partial charge in [0, 0.05) is 12.3 Å². The fraction of sp³-hybridized carbons (Fsp3) is 0.600. The van der Waals surface area contributed by atoms with Gasteiger partial charge in [0.1, 0.15) is 11.9 Å². The number of hydrogen-bond donors (Lipinski definition) is 1. The second-order valence-corrected chi connectivity index (χ2v) is 6.37. The Hall–Kier alpha value is -0.670. The first-order chi connectivity index (χ1) is 8.92. The third-order valence-electron chi connectivity index (χ3n) is 3.82. The maximum absolute atomic E-state index is 6.07. The van der Waals surface area contributed by atoms with Gasteiger partial charge in [0.25, 0.3) is 0 Å². The largest absolute Gasteiger partial charge is 0.490 e. The molecule has 0 radical (unpaired) electrons. The molecule has 2 heterocycles. The predicted octanol–water partition coefficient (Wildman–Crippen LogP) is 3.04. The Labute approximate surface area is 113 Å². The van der Waals surface area contributed by atoms with Crippen LogP contribution in [0.3, 0.4) is 0 Å². The Bertz CT molecular complexity index is 384. The van der Waals surface area contributed by atoms with E-state index in [1.807, 2.05) is 11.8 Å². The van der Waals surface area contributed by atoms with E-state index in [2.05, 4.69) is 29.6 Å². The van der Waals surface area contributed by atoms with Crippen LogP contribution in [-0.2, 0) is 0 Å². The molecule has 0 aliphatic carbocycles. The Morgan fingerprint density at radius 3 is 3.06 bits per heavy atom. The molecule has 0 amide bonds. The average Bonchev–Trinajstić information content (AvgIpc) is 2.93. The number of thioether (sulfide) groups is 1. The van der Waals surface area contributed by atoms with E-state index in [1.54, 1.807) is 0 Å². The highest BCUT2D eigenvalue weighted by atomic mass is 32.2. The van der Waals surface area contributed by atoms with Gasteiger partial charge in [-0.25, -0.2) is 0 Å². The number of rotatable bonds is 3. The fourth-order valence-corrected chi connectivity index (χ4v) is 3.87. The summed E-state index contributed by atoms with van der Waals surface area (Å²) < 4.78 is 6.07. The third-order valence-corrected chi connectivity index (χ3v) is 4.95. The molecule has 2 atom stereocenters. The SMILES string of the molecule is c1cc(OC2CCSC2)cc(C2CCCNC2)c1. The van der Waals surface area contributed by atoms with Gasteiger partial charge in [0.05, 0.1) is 0 Å². The lowest BCUT2D eigenvalue weighted by atomic mass is 9.92. The van der Waals surface area contributed by atoms with Crippen LogP contribution in [0.1, 0.15) is 30.7 Å². The van der Waals surface area contributed by atoms with Gasteiger partial charge in [-0.05, 0) is 55.2 Å². The Kier molecular flexibility index (Phi) is 4.11. The topological polar surface area (TPSA) is 21.3 Å². The van der Waals surface area contributed by atoms with E-state index in [0.717, 1.165) is 18.0 Å². The van der Waals surface area contributed by atoms with Crippen molar-refractivity contribution in [3.8, 4) is 5.75 Å². The van der Waals surface area contributed by atoms with Crippen molar-refractivity contribution in [1.29, 1.82) is 0 Å². The Morgan fingerprint density at radius 2 is 2.28 bits per heavy atom. The van der Waals surface area contributed by atoms with Crippen LogP contribution in [0, 0.1) is 0 Å². The summed E-state index contributed by atoms with van der Waals surface area (Å²) in [6.45, 7) is 2.29. The molecule has 2 nitrogen and oxygen atoms in total. The molecular weight excluding hydrogens is 242 g/mol. The summed E-state index contributed by atoms with van der Waals surface area (Å²) in [4.78, 5) is 0. The number of nitrogens with one attached hydrogen (secondary N) is 1. The highest BCUT2D eigenvalue weighted by Gasteiger charge is 2.18. The van der Waals surface area contributed by atoms with Crippen molar-refractivity contribution in [2.45, 2.75) is 31.3 Å². The van der Waals surface area contributed by atoms with Crippen LogP contribution in [0.15, 0.2) is 24.3 Å². The molecule has 2 fully saturated rings. The first-order valence-corrected chi connectivity index (χ1v) is 8.12. The molecule has 2 saturated heterocycles. The van der Waals surface area contributed by atoms with Crippen LogP contribution in [0.4, 0.5) is 0 Å². The van der Waals surface area contributed by atoms with Crippen molar-refractivity contribution in [2.75, 3.05) is 24.6 Å². The fourth-order valence-electron chi connectivity index (χ4n) is 2.78. The normalized spacial score (nSPS) is 28.2. The van der Waals surface area contributed by atoms with Crippen LogP contribution in [0.5, 0.6) is 5.75 Å². The minimum absolute atomic E-state index is 0.426. The van der Waals surface area contributed by atoms with Crippen LogP contribution in [0.25, 0.3) is 0 Å². The Balaban J connectivity index is 1.67. The van der Waals surface area contributed by atoms with Gasteiger partial charge < -0.3 is 10.1 Å².